The van der Waals surface area contributed by atoms with Gasteiger partial charge in [-0.15, -0.1) is 0 Å². The van der Waals surface area contributed by atoms with E-state index in [4.69, 9.17) is 13.7 Å². The Labute approximate surface area is 131 Å². The Bertz CT molecular complexity index is 639. The van der Waals surface area contributed by atoms with Crippen LogP contribution in [-0.4, -0.2) is 52.1 Å². The first kappa shape index (κ1) is 15.6. The highest BCUT2D eigenvalue weighted by atomic mass is 32.2. The molecule has 22 heavy (non-hydrogen) atoms. The van der Waals surface area contributed by atoms with Gasteiger partial charge < -0.3 is 13.7 Å². The molecule has 2 heterocycles. The third kappa shape index (κ3) is 3.21. The van der Waals surface area contributed by atoms with Gasteiger partial charge in [-0.1, -0.05) is 6.92 Å². The quantitative estimate of drug-likeness (QED) is 0.782. The zero-order valence-electron chi connectivity index (χ0n) is 12.8. The molecule has 1 aromatic rings. The van der Waals surface area contributed by atoms with Gasteiger partial charge in [-0.25, -0.2) is 0 Å². The molecule has 2 atom stereocenters. The van der Waals surface area contributed by atoms with Crippen LogP contribution >= 0.6 is 0 Å². The molecule has 0 spiro atoms. The number of rotatable bonds is 4. The van der Waals surface area contributed by atoms with Gasteiger partial charge in [0.2, 0.25) is 0 Å². The summed E-state index contributed by atoms with van der Waals surface area (Å²) in [6.07, 6.45) is 1.94. The number of hydrogen-bond donors (Lipinski definition) is 0. The summed E-state index contributed by atoms with van der Waals surface area (Å²) in [6, 6.07) is 5.21. The number of nitrogens with zero attached hydrogens (tertiary/aromatic N) is 1. The highest BCUT2D eigenvalue weighted by Gasteiger charge is 2.38. The maximum absolute atomic E-state index is 11.3. The van der Waals surface area contributed by atoms with Crippen LogP contribution in [0, 0.1) is 0 Å². The molecule has 2 aliphatic rings. The normalized spacial score (nSPS) is 25.5. The van der Waals surface area contributed by atoms with Crippen molar-refractivity contribution in [2.75, 3.05) is 32.6 Å². The van der Waals surface area contributed by atoms with Gasteiger partial charge in [-0.3, -0.25) is 4.90 Å². The lowest BCUT2D eigenvalue weighted by Crippen LogP contribution is -2.47. The topological polar surface area (TPSA) is 65.1 Å². The van der Waals surface area contributed by atoms with Crippen LogP contribution in [0.25, 0.3) is 0 Å². The smallest absolute Gasteiger partial charge is 0.306 e. The lowest BCUT2D eigenvalue weighted by molar-refractivity contribution is -0.0468. The van der Waals surface area contributed by atoms with Crippen molar-refractivity contribution in [2.45, 2.75) is 25.5 Å². The SMILES string of the molecule is CCC1c2cc(OS(C)(=O)=O)ccc2OC1N1CCOCC1. The lowest BCUT2D eigenvalue weighted by atomic mass is 9.95. The van der Waals surface area contributed by atoms with Crippen molar-refractivity contribution in [1.29, 1.82) is 0 Å². The van der Waals surface area contributed by atoms with Crippen molar-refractivity contribution in [3.63, 3.8) is 0 Å². The number of morpholine rings is 1. The second-order valence-electron chi connectivity index (χ2n) is 5.66. The zero-order chi connectivity index (χ0) is 15.7. The van der Waals surface area contributed by atoms with Crippen molar-refractivity contribution in [2.24, 2.45) is 0 Å². The summed E-state index contributed by atoms with van der Waals surface area (Å²) in [7, 11) is -3.52. The molecule has 0 aliphatic carbocycles. The average molecular weight is 327 g/mol. The van der Waals surface area contributed by atoms with E-state index in [2.05, 4.69) is 11.8 Å². The molecule has 0 saturated carbocycles. The zero-order valence-corrected chi connectivity index (χ0v) is 13.6. The first-order chi connectivity index (χ1) is 10.5. The van der Waals surface area contributed by atoms with Crippen LogP contribution in [0.5, 0.6) is 11.5 Å². The van der Waals surface area contributed by atoms with Gasteiger partial charge in [-0.05, 0) is 24.6 Å². The van der Waals surface area contributed by atoms with Crippen molar-refractivity contribution in [3.8, 4) is 11.5 Å². The number of ether oxygens (including phenoxy) is 2. The summed E-state index contributed by atoms with van der Waals surface area (Å²) in [5.74, 6) is 1.35. The molecular formula is C15H21NO5S. The van der Waals surface area contributed by atoms with E-state index in [9.17, 15) is 8.42 Å². The van der Waals surface area contributed by atoms with Gasteiger partial charge in [0.05, 0.1) is 19.5 Å². The maximum atomic E-state index is 11.3. The fourth-order valence-corrected chi connectivity index (χ4v) is 3.55. The minimum atomic E-state index is -3.52. The first-order valence-electron chi connectivity index (χ1n) is 7.50. The van der Waals surface area contributed by atoms with Crippen molar-refractivity contribution in [3.05, 3.63) is 23.8 Å². The number of benzene rings is 1. The van der Waals surface area contributed by atoms with Crippen molar-refractivity contribution < 1.29 is 22.1 Å². The van der Waals surface area contributed by atoms with E-state index in [0.717, 1.165) is 50.3 Å². The van der Waals surface area contributed by atoms with Gasteiger partial charge in [0.25, 0.3) is 0 Å². The largest absolute Gasteiger partial charge is 0.474 e. The molecule has 6 nitrogen and oxygen atoms in total. The van der Waals surface area contributed by atoms with Gasteiger partial charge >= 0.3 is 10.1 Å². The van der Waals surface area contributed by atoms with E-state index in [0.29, 0.717) is 5.75 Å². The third-order valence-corrected chi connectivity index (χ3v) is 4.56. The van der Waals surface area contributed by atoms with Crippen LogP contribution in [0.1, 0.15) is 24.8 Å². The Balaban J connectivity index is 1.85. The molecule has 0 radical (unpaired) electrons. The Morgan fingerprint density at radius 3 is 2.68 bits per heavy atom. The van der Waals surface area contributed by atoms with E-state index in [1.165, 1.54) is 0 Å². The summed E-state index contributed by atoms with van der Waals surface area (Å²) in [5.41, 5.74) is 1.01. The Morgan fingerprint density at radius 2 is 2.05 bits per heavy atom. The molecule has 0 N–H and O–H groups in total. The highest BCUT2D eigenvalue weighted by Crippen LogP contribution is 2.43. The van der Waals surface area contributed by atoms with E-state index < -0.39 is 10.1 Å². The average Bonchev–Trinajstić information content (AvgIpc) is 2.84. The molecule has 0 bridgehead atoms. The summed E-state index contributed by atoms with van der Waals surface area (Å²) < 4.78 is 39.1. The second kappa shape index (κ2) is 6.06. The van der Waals surface area contributed by atoms with E-state index in [-0.39, 0.29) is 12.1 Å². The standard InChI is InChI=1S/C15H21NO5S/c1-3-12-13-10-11(21-22(2,17)18)4-5-14(13)20-15(12)16-6-8-19-9-7-16/h4-5,10,12,15H,3,6-9H2,1-2H3. The van der Waals surface area contributed by atoms with Crippen LogP contribution in [0.4, 0.5) is 0 Å². The third-order valence-electron chi connectivity index (χ3n) is 4.07. The molecular weight excluding hydrogens is 306 g/mol. The molecule has 0 amide bonds. The Morgan fingerprint density at radius 1 is 1.32 bits per heavy atom. The molecule has 1 saturated heterocycles. The molecule has 3 rings (SSSR count). The van der Waals surface area contributed by atoms with E-state index in [1.54, 1.807) is 18.2 Å². The van der Waals surface area contributed by atoms with Gasteiger partial charge in [0.15, 0.2) is 6.23 Å². The molecule has 0 aromatic heterocycles. The fourth-order valence-electron chi connectivity index (χ4n) is 3.10. The van der Waals surface area contributed by atoms with Crippen molar-refractivity contribution in [1.82, 2.24) is 4.90 Å². The van der Waals surface area contributed by atoms with Crippen LogP contribution in [0.3, 0.4) is 0 Å². The molecule has 7 heteroatoms. The minimum absolute atomic E-state index is 0.0163. The lowest BCUT2D eigenvalue weighted by Gasteiger charge is -2.34. The highest BCUT2D eigenvalue weighted by molar-refractivity contribution is 7.86. The van der Waals surface area contributed by atoms with Crippen molar-refractivity contribution >= 4 is 10.1 Å². The first-order valence-corrected chi connectivity index (χ1v) is 9.31. The summed E-state index contributed by atoms with van der Waals surface area (Å²) in [4.78, 5) is 2.29. The molecule has 1 fully saturated rings. The Kier molecular flexibility index (Phi) is 4.29. The predicted octanol–water partition coefficient (Wildman–Crippen LogP) is 1.57. The van der Waals surface area contributed by atoms with E-state index in [1.807, 2.05) is 0 Å². The Hall–Kier alpha value is -1.31. The summed E-state index contributed by atoms with van der Waals surface area (Å²) in [5, 5.41) is 0. The van der Waals surface area contributed by atoms with Gasteiger partial charge in [-0.2, -0.15) is 8.42 Å². The van der Waals surface area contributed by atoms with Crippen LogP contribution in [-0.2, 0) is 14.9 Å². The number of hydrogen-bond acceptors (Lipinski definition) is 6. The second-order valence-corrected chi connectivity index (χ2v) is 7.23. The fraction of sp³-hybridized carbons (Fsp3) is 0.600. The summed E-state index contributed by atoms with van der Waals surface area (Å²) in [6.45, 7) is 5.24. The van der Waals surface area contributed by atoms with Gasteiger partial charge in [0.1, 0.15) is 11.5 Å². The predicted molar refractivity (Wildman–Crippen MR) is 81.8 cm³/mol. The van der Waals surface area contributed by atoms with Crippen LogP contribution < -0.4 is 8.92 Å². The van der Waals surface area contributed by atoms with Crippen LogP contribution in [0.15, 0.2) is 18.2 Å². The molecule has 2 unspecified atom stereocenters. The maximum Gasteiger partial charge on any atom is 0.306 e. The van der Waals surface area contributed by atoms with Crippen LogP contribution in [0.2, 0.25) is 0 Å². The number of fused-ring (bicyclic) bond motifs is 1. The summed E-state index contributed by atoms with van der Waals surface area (Å²) >= 11 is 0. The van der Waals surface area contributed by atoms with E-state index >= 15 is 0 Å². The molecule has 122 valence electrons. The van der Waals surface area contributed by atoms with Gasteiger partial charge in [0, 0.05) is 24.6 Å². The molecule has 2 aliphatic heterocycles. The molecule has 1 aromatic carbocycles. The minimum Gasteiger partial charge on any atom is -0.474 e. The monoisotopic (exact) mass is 327 g/mol.